The molecule has 0 spiro atoms. The summed E-state index contributed by atoms with van der Waals surface area (Å²) in [7, 11) is 0. The zero-order valence-corrected chi connectivity index (χ0v) is 11.2. The summed E-state index contributed by atoms with van der Waals surface area (Å²) in [5.41, 5.74) is 1.80. The number of H-pyrrole nitrogens is 1. The first kappa shape index (κ1) is 11.8. The molecule has 2 aromatic heterocycles. The van der Waals surface area contributed by atoms with Crippen LogP contribution in [0.5, 0.6) is 0 Å². The lowest BCUT2D eigenvalue weighted by atomic mass is 10.1. The molecule has 1 aliphatic rings. The van der Waals surface area contributed by atoms with E-state index in [9.17, 15) is 0 Å². The molecule has 0 bridgehead atoms. The van der Waals surface area contributed by atoms with Crippen molar-refractivity contribution in [2.45, 2.75) is 25.8 Å². The number of aromatic amines is 1. The van der Waals surface area contributed by atoms with E-state index < -0.39 is 0 Å². The van der Waals surface area contributed by atoms with Gasteiger partial charge < -0.3 is 14.5 Å². The van der Waals surface area contributed by atoms with E-state index in [0.29, 0.717) is 4.64 Å². The number of nitrogens with zero attached hydrogens (tertiary/aromatic N) is 3. The van der Waals surface area contributed by atoms with Gasteiger partial charge in [-0.05, 0) is 19.3 Å². The van der Waals surface area contributed by atoms with Gasteiger partial charge in [-0.3, -0.25) is 0 Å². The molecule has 0 saturated carbocycles. The fourth-order valence-corrected chi connectivity index (χ4v) is 2.86. The van der Waals surface area contributed by atoms with Crippen LogP contribution in [0.25, 0.3) is 11.2 Å². The summed E-state index contributed by atoms with van der Waals surface area (Å²) >= 11 is 5.16. The maximum atomic E-state index is 5.16. The van der Waals surface area contributed by atoms with Crippen LogP contribution in [0, 0.1) is 4.64 Å². The van der Waals surface area contributed by atoms with Crippen LogP contribution in [0.3, 0.4) is 0 Å². The Hall–Kier alpha value is -1.27. The highest BCUT2D eigenvalue weighted by molar-refractivity contribution is 7.71. The zero-order valence-electron chi connectivity index (χ0n) is 10.4. The first-order valence-corrected chi connectivity index (χ1v) is 6.97. The molecule has 0 aliphatic carbocycles. The van der Waals surface area contributed by atoms with Crippen molar-refractivity contribution in [2.75, 3.05) is 19.6 Å². The van der Waals surface area contributed by atoms with Crippen molar-refractivity contribution < 1.29 is 4.90 Å². The predicted molar refractivity (Wildman–Crippen MR) is 72.1 cm³/mol. The minimum atomic E-state index is 0.577. The van der Waals surface area contributed by atoms with E-state index in [2.05, 4.69) is 19.5 Å². The summed E-state index contributed by atoms with van der Waals surface area (Å²) in [6.45, 7) is 4.77. The molecule has 6 heteroatoms. The molecule has 96 valence electrons. The van der Waals surface area contributed by atoms with Crippen LogP contribution < -0.4 is 4.90 Å². The number of hydrogen-bond donors (Lipinski definition) is 2. The maximum absolute atomic E-state index is 5.16. The SMILES string of the molecule is S=c1nc[nH]c2c1ncn2CC[NH+]1CCCCC1. The molecule has 0 atom stereocenters. The molecule has 0 unspecified atom stereocenters. The molecule has 2 N–H and O–H groups in total. The minimum absolute atomic E-state index is 0.577. The van der Waals surface area contributed by atoms with Crippen LogP contribution in [0.2, 0.25) is 0 Å². The van der Waals surface area contributed by atoms with E-state index in [4.69, 9.17) is 12.2 Å². The number of imidazole rings is 1. The molecule has 5 nitrogen and oxygen atoms in total. The van der Waals surface area contributed by atoms with Gasteiger partial charge in [-0.2, -0.15) is 0 Å². The van der Waals surface area contributed by atoms with Gasteiger partial charge in [0.1, 0.15) is 11.2 Å². The highest BCUT2D eigenvalue weighted by atomic mass is 32.1. The highest BCUT2D eigenvalue weighted by Gasteiger charge is 2.13. The van der Waals surface area contributed by atoms with Crippen molar-refractivity contribution in [2.24, 2.45) is 0 Å². The van der Waals surface area contributed by atoms with E-state index in [-0.39, 0.29) is 0 Å². The second kappa shape index (κ2) is 5.16. The van der Waals surface area contributed by atoms with Gasteiger partial charge in [-0.15, -0.1) is 0 Å². The van der Waals surface area contributed by atoms with Crippen LogP contribution in [0.4, 0.5) is 0 Å². The van der Waals surface area contributed by atoms with E-state index in [1.807, 2.05) is 6.33 Å². The van der Waals surface area contributed by atoms with Gasteiger partial charge in [-0.1, -0.05) is 12.2 Å². The molecule has 3 rings (SSSR count). The second-order valence-corrected chi connectivity index (χ2v) is 5.29. The fraction of sp³-hybridized carbons (Fsp3) is 0.583. The number of fused-ring (bicyclic) bond motifs is 1. The minimum Gasteiger partial charge on any atom is -0.333 e. The Labute approximate surface area is 111 Å². The molecule has 0 aromatic carbocycles. The molecule has 2 aromatic rings. The quantitative estimate of drug-likeness (QED) is 0.796. The van der Waals surface area contributed by atoms with Crippen molar-refractivity contribution in [1.29, 1.82) is 0 Å². The Balaban J connectivity index is 1.74. The van der Waals surface area contributed by atoms with Crippen LogP contribution in [-0.4, -0.2) is 39.2 Å². The Kier molecular flexibility index (Phi) is 3.38. The topological polar surface area (TPSA) is 50.9 Å². The molecular formula is C12H18N5S+. The van der Waals surface area contributed by atoms with Crippen molar-refractivity contribution in [3.05, 3.63) is 17.3 Å². The number of nitrogens with one attached hydrogen (secondary N) is 2. The number of piperidine rings is 1. The highest BCUT2D eigenvalue weighted by Crippen LogP contribution is 2.08. The van der Waals surface area contributed by atoms with Gasteiger partial charge in [0, 0.05) is 0 Å². The standard InChI is InChI=1S/C12H17N5S/c18-12-10-11(13-8-14-12)17(9-15-10)7-6-16-4-2-1-3-5-16/h8-9H,1-7H2,(H,13,14,18)/p+1. The summed E-state index contributed by atoms with van der Waals surface area (Å²) in [5.74, 6) is 0. The normalized spacial score (nSPS) is 17.3. The van der Waals surface area contributed by atoms with Gasteiger partial charge >= 0.3 is 0 Å². The lowest BCUT2D eigenvalue weighted by molar-refractivity contribution is -0.905. The number of quaternary nitrogens is 1. The molecular weight excluding hydrogens is 246 g/mol. The van der Waals surface area contributed by atoms with Crippen molar-refractivity contribution >= 4 is 23.4 Å². The smallest absolute Gasteiger partial charge is 0.157 e. The molecule has 1 aliphatic heterocycles. The lowest BCUT2D eigenvalue weighted by Gasteiger charge is -2.23. The van der Waals surface area contributed by atoms with Crippen molar-refractivity contribution in [1.82, 2.24) is 19.5 Å². The first-order valence-electron chi connectivity index (χ1n) is 6.57. The number of rotatable bonds is 3. The predicted octanol–water partition coefficient (Wildman–Crippen LogP) is 0.558. The van der Waals surface area contributed by atoms with Gasteiger partial charge in [0.25, 0.3) is 0 Å². The Morgan fingerprint density at radius 1 is 1.28 bits per heavy atom. The average Bonchev–Trinajstić information content (AvgIpc) is 2.82. The third-order valence-corrected chi connectivity index (χ3v) is 3.99. The number of likely N-dealkylation sites (tertiary alicyclic amines) is 1. The third-order valence-electron chi connectivity index (χ3n) is 3.69. The van der Waals surface area contributed by atoms with Crippen LogP contribution in [0.1, 0.15) is 19.3 Å². The lowest BCUT2D eigenvalue weighted by Crippen LogP contribution is -3.13. The summed E-state index contributed by atoms with van der Waals surface area (Å²) in [6, 6.07) is 0. The van der Waals surface area contributed by atoms with E-state index in [0.717, 1.165) is 24.3 Å². The van der Waals surface area contributed by atoms with Crippen molar-refractivity contribution in [3.63, 3.8) is 0 Å². The average molecular weight is 264 g/mol. The summed E-state index contributed by atoms with van der Waals surface area (Å²) in [5, 5.41) is 0. The van der Waals surface area contributed by atoms with Gasteiger partial charge in [0.05, 0.1) is 38.8 Å². The van der Waals surface area contributed by atoms with Crippen LogP contribution >= 0.6 is 12.2 Å². The Morgan fingerprint density at radius 2 is 2.11 bits per heavy atom. The summed E-state index contributed by atoms with van der Waals surface area (Å²) in [6.07, 6.45) is 7.65. The maximum Gasteiger partial charge on any atom is 0.157 e. The fourth-order valence-electron chi connectivity index (χ4n) is 2.65. The molecule has 3 heterocycles. The van der Waals surface area contributed by atoms with Gasteiger partial charge in [0.2, 0.25) is 0 Å². The van der Waals surface area contributed by atoms with Gasteiger partial charge in [-0.25, -0.2) is 9.97 Å². The molecule has 0 amide bonds. The van der Waals surface area contributed by atoms with E-state index in [1.165, 1.54) is 32.4 Å². The summed E-state index contributed by atoms with van der Waals surface area (Å²) < 4.78 is 2.72. The molecule has 1 saturated heterocycles. The van der Waals surface area contributed by atoms with E-state index >= 15 is 0 Å². The number of hydrogen-bond acceptors (Lipinski definition) is 3. The molecule has 1 fully saturated rings. The Morgan fingerprint density at radius 3 is 2.94 bits per heavy atom. The number of aromatic nitrogens is 4. The van der Waals surface area contributed by atoms with E-state index in [1.54, 1.807) is 11.2 Å². The Bertz CT molecular complexity index is 581. The van der Waals surface area contributed by atoms with Crippen LogP contribution in [0.15, 0.2) is 12.7 Å². The zero-order chi connectivity index (χ0) is 12.4. The second-order valence-electron chi connectivity index (χ2n) is 4.90. The van der Waals surface area contributed by atoms with Crippen LogP contribution in [-0.2, 0) is 6.54 Å². The first-order chi connectivity index (χ1) is 8.84. The van der Waals surface area contributed by atoms with Gasteiger partial charge in [0.15, 0.2) is 4.64 Å². The largest absolute Gasteiger partial charge is 0.333 e. The molecule has 18 heavy (non-hydrogen) atoms. The monoisotopic (exact) mass is 264 g/mol. The third kappa shape index (κ3) is 2.30. The summed E-state index contributed by atoms with van der Waals surface area (Å²) in [4.78, 5) is 13.2. The molecule has 0 radical (unpaired) electrons. The van der Waals surface area contributed by atoms with Crippen molar-refractivity contribution in [3.8, 4) is 0 Å².